The Kier molecular flexibility index (Phi) is 6.71. The molecule has 0 aliphatic carbocycles. The Balaban J connectivity index is 1.29. The molecule has 0 spiro atoms. The molecule has 1 amide bonds. The lowest BCUT2D eigenvalue weighted by molar-refractivity contribution is 0.0955. The predicted molar refractivity (Wildman–Crippen MR) is 134 cm³/mol. The van der Waals surface area contributed by atoms with Crippen LogP contribution in [0.25, 0.3) is 10.2 Å². The van der Waals surface area contributed by atoms with Crippen LogP contribution in [0.15, 0.2) is 39.9 Å². The molecule has 1 aromatic carbocycles. The number of aromatic nitrogens is 2. The van der Waals surface area contributed by atoms with Crippen LogP contribution in [-0.2, 0) is 14.1 Å². The SMILES string of the molecule is Cc1cccc(N2CCN(CCCNC(=O)c3cc4c(=O)n(C)c(=O)n(C)c4s3)C[C@H]2C)c1. The molecule has 1 N–H and O–H groups in total. The maximum atomic E-state index is 12.6. The standard InChI is InChI=1S/C24H31N5O3S/c1-16-7-5-8-18(13-16)29-12-11-28(15-17(29)2)10-6-9-25-21(30)20-14-19-22(31)26(3)24(32)27(4)23(19)33-20/h5,7-8,13-14,17H,6,9-12,15H2,1-4H3,(H,25,30)/t17-/m1/s1. The van der Waals surface area contributed by atoms with Gasteiger partial charge in [0.05, 0.1) is 10.3 Å². The summed E-state index contributed by atoms with van der Waals surface area (Å²) in [6, 6.07) is 10.7. The van der Waals surface area contributed by atoms with Crippen LogP contribution in [0.5, 0.6) is 0 Å². The molecule has 1 saturated heterocycles. The normalized spacial score (nSPS) is 17.0. The van der Waals surface area contributed by atoms with E-state index in [4.69, 9.17) is 0 Å². The van der Waals surface area contributed by atoms with E-state index in [9.17, 15) is 14.4 Å². The highest BCUT2D eigenvalue weighted by molar-refractivity contribution is 7.20. The van der Waals surface area contributed by atoms with Crippen molar-refractivity contribution in [2.45, 2.75) is 26.3 Å². The Hall–Kier alpha value is -2.91. The fourth-order valence-electron chi connectivity index (χ4n) is 4.49. The summed E-state index contributed by atoms with van der Waals surface area (Å²) >= 11 is 1.18. The van der Waals surface area contributed by atoms with Gasteiger partial charge < -0.3 is 10.2 Å². The first kappa shape index (κ1) is 23.3. The number of anilines is 1. The minimum absolute atomic E-state index is 0.205. The van der Waals surface area contributed by atoms with Gasteiger partial charge in [0.25, 0.3) is 11.5 Å². The summed E-state index contributed by atoms with van der Waals surface area (Å²) in [5.74, 6) is -0.205. The third-order valence-corrected chi connectivity index (χ3v) is 7.54. The van der Waals surface area contributed by atoms with Gasteiger partial charge in [-0.05, 0) is 50.6 Å². The average molecular weight is 470 g/mol. The number of hydrogen-bond donors (Lipinski definition) is 1. The van der Waals surface area contributed by atoms with Gasteiger partial charge in [0.15, 0.2) is 0 Å². The highest BCUT2D eigenvalue weighted by Gasteiger charge is 2.23. The van der Waals surface area contributed by atoms with Crippen LogP contribution in [0, 0.1) is 6.92 Å². The van der Waals surface area contributed by atoms with Gasteiger partial charge in [-0.2, -0.15) is 0 Å². The zero-order chi connectivity index (χ0) is 23.7. The van der Waals surface area contributed by atoms with Crippen molar-refractivity contribution in [3.63, 3.8) is 0 Å². The highest BCUT2D eigenvalue weighted by Crippen LogP contribution is 2.22. The number of piperazine rings is 1. The first-order chi connectivity index (χ1) is 15.8. The molecule has 3 aromatic rings. The summed E-state index contributed by atoms with van der Waals surface area (Å²) in [5, 5.41) is 3.36. The van der Waals surface area contributed by atoms with Crippen molar-refractivity contribution in [2.75, 3.05) is 37.6 Å². The molecule has 4 rings (SSSR count). The van der Waals surface area contributed by atoms with E-state index in [0.29, 0.717) is 27.7 Å². The van der Waals surface area contributed by atoms with Crippen molar-refractivity contribution in [3.8, 4) is 0 Å². The molecule has 9 heteroatoms. The van der Waals surface area contributed by atoms with Crippen LogP contribution in [-0.4, -0.2) is 58.7 Å². The number of aryl methyl sites for hydroxylation is 2. The smallest absolute Gasteiger partial charge is 0.331 e. The topological polar surface area (TPSA) is 79.6 Å². The number of carbonyl (C=O) groups excluding carboxylic acids is 1. The van der Waals surface area contributed by atoms with Crippen molar-refractivity contribution in [1.29, 1.82) is 0 Å². The lowest BCUT2D eigenvalue weighted by Crippen LogP contribution is -2.52. The van der Waals surface area contributed by atoms with Crippen LogP contribution in [0.3, 0.4) is 0 Å². The number of nitrogens with one attached hydrogen (secondary N) is 1. The van der Waals surface area contributed by atoms with Crippen LogP contribution >= 0.6 is 11.3 Å². The predicted octanol–water partition coefficient (Wildman–Crippen LogP) is 1.94. The fraction of sp³-hybridized carbons (Fsp3) is 0.458. The molecule has 3 heterocycles. The molecule has 1 fully saturated rings. The third kappa shape index (κ3) is 4.74. The van der Waals surface area contributed by atoms with Crippen molar-refractivity contribution in [3.05, 3.63) is 61.6 Å². The second kappa shape index (κ2) is 9.52. The molecule has 176 valence electrons. The Morgan fingerprint density at radius 1 is 1.15 bits per heavy atom. The number of fused-ring (bicyclic) bond motifs is 1. The lowest BCUT2D eigenvalue weighted by Gasteiger charge is -2.41. The summed E-state index contributed by atoms with van der Waals surface area (Å²) in [6.07, 6.45) is 0.855. The van der Waals surface area contributed by atoms with E-state index in [-0.39, 0.29) is 11.5 Å². The van der Waals surface area contributed by atoms with E-state index in [1.54, 1.807) is 13.1 Å². The second-order valence-corrected chi connectivity index (χ2v) is 9.86. The second-order valence-electron chi connectivity index (χ2n) is 8.83. The van der Waals surface area contributed by atoms with Gasteiger partial charge in [-0.25, -0.2) is 4.79 Å². The van der Waals surface area contributed by atoms with Crippen LogP contribution in [0.1, 0.15) is 28.6 Å². The number of rotatable bonds is 6. The third-order valence-electron chi connectivity index (χ3n) is 6.33. The number of thiophene rings is 1. The molecule has 8 nitrogen and oxygen atoms in total. The van der Waals surface area contributed by atoms with E-state index in [0.717, 1.165) is 37.2 Å². The molecule has 0 bridgehead atoms. The Morgan fingerprint density at radius 2 is 1.94 bits per heavy atom. The molecular weight excluding hydrogens is 438 g/mol. The van der Waals surface area contributed by atoms with Crippen molar-refractivity contribution in [2.24, 2.45) is 14.1 Å². The minimum Gasteiger partial charge on any atom is -0.366 e. The monoisotopic (exact) mass is 469 g/mol. The molecule has 0 unspecified atom stereocenters. The maximum Gasteiger partial charge on any atom is 0.331 e. The Morgan fingerprint density at radius 3 is 2.67 bits per heavy atom. The molecular formula is C24H31N5O3S. The maximum absolute atomic E-state index is 12.6. The summed E-state index contributed by atoms with van der Waals surface area (Å²) < 4.78 is 2.48. The largest absolute Gasteiger partial charge is 0.366 e. The van der Waals surface area contributed by atoms with Crippen LogP contribution in [0.2, 0.25) is 0 Å². The van der Waals surface area contributed by atoms with E-state index < -0.39 is 5.69 Å². The first-order valence-electron chi connectivity index (χ1n) is 11.3. The lowest BCUT2D eigenvalue weighted by atomic mass is 10.1. The average Bonchev–Trinajstić information content (AvgIpc) is 3.25. The van der Waals surface area contributed by atoms with E-state index in [1.807, 2.05) is 0 Å². The summed E-state index contributed by atoms with van der Waals surface area (Å²) in [6.45, 7) is 8.86. The van der Waals surface area contributed by atoms with Gasteiger partial charge in [0.2, 0.25) is 0 Å². The Bertz CT molecular complexity index is 1290. The van der Waals surface area contributed by atoms with Crippen LogP contribution < -0.4 is 21.5 Å². The molecule has 1 aliphatic rings. The fourth-order valence-corrected chi connectivity index (χ4v) is 5.51. The highest BCUT2D eigenvalue weighted by atomic mass is 32.1. The number of carbonyl (C=O) groups is 1. The molecule has 2 aromatic heterocycles. The van der Waals surface area contributed by atoms with Crippen molar-refractivity contribution < 1.29 is 4.79 Å². The van der Waals surface area contributed by atoms with Gasteiger partial charge >= 0.3 is 5.69 Å². The van der Waals surface area contributed by atoms with Gasteiger partial charge in [-0.3, -0.25) is 23.6 Å². The van der Waals surface area contributed by atoms with Crippen molar-refractivity contribution in [1.82, 2.24) is 19.4 Å². The van der Waals surface area contributed by atoms with Gasteiger partial charge in [-0.15, -0.1) is 11.3 Å². The summed E-state index contributed by atoms with van der Waals surface area (Å²) in [7, 11) is 3.06. The molecule has 0 saturated carbocycles. The summed E-state index contributed by atoms with van der Waals surface area (Å²) in [5.41, 5.74) is 1.80. The number of benzene rings is 1. The zero-order valence-corrected chi connectivity index (χ0v) is 20.4. The number of hydrogen-bond acceptors (Lipinski definition) is 6. The van der Waals surface area contributed by atoms with E-state index in [2.05, 4.69) is 53.2 Å². The van der Waals surface area contributed by atoms with Crippen molar-refractivity contribution >= 4 is 33.1 Å². The Labute approximate surface area is 197 Å². The van der Waals surface area contributed by atoms with Gasteiger partial charge in [-0.1, -0.05) is 12.1 Å². The molecule has 1 atom stereocenters. The minimum atomic E-state index is -0.391. The van der Waals surface area contributed by atoms with Gasteiger partial charge in [0, 0.05) is 52.0 Å². The zero-order valence-electron chi connectivity index (χ0n) is 19.6. The molecule has 33 heavy (non-hydrogen) atoms. The molecule has 0 radical (unpaired) electrons. The quantitative estimate of drug-likeness (QED) is 0.558. The van der Waals surface area contributed by atoms with Gasteiger partial charge in [0.1, 0.15) is 4.83 Å². The number of amides is 1. The molecule has 1 aliphatic heterocycles. The van der Waals surface area contributed by atoms with Crippen LogP contribution in [0.4, 0.5) is 5.69 Å². The van der Waals surface area contributed by atoms with E-state index >= 15 is 0 Å². The first-order valence-corrected chi connectivity index (χ1v) is 12.1. The number of nitrogens with zero attached hydrogens (tertiary/aromatic N) is 4. The van der Waals surface area contributed by atoms with E-state index in [1.165, 1.54) is 34.2 Å². The summed E-state index contributed by atoms with van der Waals surface area (Å²) in [4.78, 5) is 43.0.